The average Bonchev–Trinajstić information content (AvgIpc) is 2.32. The number of aldehydes is 1. The van der Waals surface area contributed by atoms with Gasteiger partial charge < -0.3 is 4.79 Å². The first-order valence-electron chi connectivity index (χ1n) is 5.85. The van der Waals surface area contributed by atoms with Crippen LogP contribution in [0.15, 0.2) is 30.3 Å². The first-order chi connectivity index (χ1) is 7.35. The summed E-state index contributed by atoms with van der Waals surface area (Å²) >= 11 is 0. The second kappa shape index (κ2) is 4.61. The summed E-state index contributed by atoms with van der Waals surface area (Å²) in [5.74, 6) is 0. The summed E-state index contributed by atoms with van der Waals surface area (Å²) in [7, 11) is 0. The molecule has 0 saturated heterocycles. The Morgan fingerprint density at radius 3 is 2.33 bits per heavy atom. The van der Waals surface area contributed by atoms with Crippen molar-refractivity contribution in [2.75, 3.05) is 0 Å². The molecule has 2 rings (SSSR count). The van der Waals surface area contributed by atoms with Crippen LogP contribution in [0.4, 0.5) is 0 Å². The highest BCUT2D eigenvalue weighted by molar-refractivity contribution is 5.60. The van der Waals surface area contributed by atoms with Crippen molar-refractivity contribution in [1.82, 2.24) is 0 Å². The number of hydrogen-bond acceptors (Lipinski definition) is 1. The third-order valence-electron chi connectivity index (χ3n) is 3.50. The molecule has 1 aliphatic rings. The van der Waals surface area contributed by atoms with Crippen LogP contribution in [0, 0.1) is 5.41 Å². The van der Waals surface area contributed by atoms with Gasteiger partial charge in [-0.2, -0.15) is 0 Å². The van der Waals surface area contributed by atoms with Crippen LogP contribution in [0.2, 0.25) is 0 Å². The van der Waals surface area contributed by atoms with Crippen LogP contribution < -0.4 is 0 Å². The van der Waals surface area contributed by atoms with E-state index < -0.39 is 0 Å². The van der Waals surface area contributed by atoms with Gasteiger partial charge in [-0.05, 0) is 24.8 Å². The summed E-state index contributed by atoms with van der Waals surface area (Å²) in [5.41, 5.74) is 1.24. The largest absolute Gasteiger partial charge is 0.303 e. The minimum atomic E-state index is -0.0559. The van der Waals surface area contributed by atoms with Gasteiger partial charge in [-0.1, -0.05) is 49.6 Å². The monoisotopic (exact) mass is 202 g/mol. The van der Waals surface area contributed by atoms with Crippen LogP contribution in [-0.2, 0) is 11.2 Å². The SMILES string of the molecule is O=CC1(Cc2ccccc2)CCCCC1. The molecule has 0 radical (unpaired) electrons. The molecule has 1 nitrogen and oxygen atoms in total. The second-order valence-corrected chi connectivity index (χ2v) is 4.70. The minimum absolute atomic E-state index is 0.0559. The quantitative estimate of drug-likeness (QED) is 0.687. The Hall–Kier alpha value is -1.11. The normalized spacial score (nSPS) is 19.7. The molecule has 0 aliphatic heterocycles. The van der Waals surface area contributed by atoms with Crippen LogP contribution >= 0.6 is 0 Å². The maximum absolute atomic E-state index is 11.3. The molecule has 0 bridgehead atoms. The van der Waals surface area contributed by atoms with Crippen molar-refractivity contribution >= 4 is 6.29 Å². The van der Waals surface area contributed by atoms with Crippen LogP contribution in [0.1, 0.15) is 37.7 Å². The summed E-state index contributed by atoms with van der Waals surface area (Å²) in [6, 6.07) is 10.4. The summed E-state index contributed by atoms with van der Waals surface area (Å²) in [4.78, 5) is 11.3. The average molecular weight is 202 g/mol. The fraction of sp³-hybridized carbons (Fsp3) is 0.500. The summed E-state index contributed by atoms with van der Waals surface area (Å²) < 4.78 is 0. The van der Waals surface area contributed by atoms with Gasteiger partial charge in [-0.3, -0.25) is 0 Å². The molecule has 15 heavy (non-hydrogen) atoms. The lowest BCUT2D eigenvalue weighted by Crippen LogP contribution is -2.28. The van der Waals surface area contributed by atoms with E-state index in [4.69, 9.17) is 0 Å². The van der Waals surface area contributed by atoms with E-state index in [1.807, 2.05) is 6.07 Å². The molecule has 1 fully saturated rings. The van der Waals surface area contributed by atoms with Gasteiger partial charge >= 0.3 is 0 Å². The maximum Gasteiger partial charge on any atom is 0.126 e. The molecule has 1 aromatic rings. The Morgan fingerprint density at radius 2 is 1.73 bits per heavy atom. The van der Waals surface area contributed by atoms with Crippen molar-refractivity contribution in [3.05, 3.63) is 35.9 Å². The van der Waals surface area contributed by atoms with Gasteiger partial charge in [0.25, 0.3) is 0 Å². The Bertz CT molecular complexity index is 309. The second-order valence-electron chi connectivity index (χ2n) is 4.70. The Labute approximate surface area is 91.5 Å². The molecule has 0 N–H and O–H groups in total. The third kappa shape index (κ3) is 2.47. The lowest BCUT2D eigenvalue weighted by molar-refractivity contribution is -0.117. The van der Waals surface area contributed by atoms with E-state index in [2.05, 4.69) is 24.3 Å². The topological polar surface area (TPSA) is 17.1 Å². The number of rotatable bonds is 3. The van der Waals surface area contributed by atoms with E-state index in [-0.39, 0.29) is 5.41 Å². The van der Waals surface area contributed by atoms with E-state index in [9.17, 15) is 4.79 Å². The molecular weight excluding hydrogens is 184 g/mol. The highest BCUT2D eigenvalue weighted by atomic mass is 16.1. The lowest BCUT2D eigenvalue weighted by Gasteiger charge is -2.32. The molecule has 80 valence electrons. The first kappa shape index (κ1) is 10.4. The Morgan fingerprint density at radius 1 is 1.07 bits per heavy atom. The first-order valence-corrected chi connectivity index (χ1v) is 5.85. The lowest BCUT2D eigenvalue weighted by atomic mass is 9.71. The smallest absolute Gasteiger partial charge is 0.126 e. The number of carbonyl (C=O) groups excluding carboxylic acids is 1. The molecule has 0 aromatic heterocycles. The van der Waals surface area contributed by atoms with Gasteiger partial charge in [0.05, 0.1) is 0 Å². The van der Waals surface area contributed by atoms with Crippen molar-refractivity contribution in [1.29, 1.82) is 0 Å². The van der Waals surface area contributed by atoms with Crippen LogP contribution in [0.25, 0.3) is 0 Å². The van der Waals surface area contributed by atoms with Gasteiger partial charge in [-0.15, -0.1) is 0 Å². The zero-order valence-corrected chi connectivity index (χ0v) is 9.11. The number of benzene rings is 1. The highest BCUT2D eigenvalue weighted by Gasteiger charge is 2.31. The van der Waals surface area contributed by atoms with E-state index in [1.54, 1.807) is 0 Å². The van der Waals surface area contributed by atoms with Crippen molar-refractivity contribution < 1.29 is 4.79 Å². The molecule has 1 aliphatic carbocycles. The molecule has 0 unspecified atom stereocenters. The van der Waals surface area contributed by atoms with Gasteiger partial charge in [0, 0.05) is 5.41 Å². The molecule has 1 aromatic carbocycles. The van der Waals surface area contributed by atoms with Crippen molar-refractivity contribution in [3.63, 3.8) is 0 Å². The molecular formula is C14H18O. The fourth-order valence-corrected chi connectivity index (χ4v) is 2.59. The van der Waals surface area contributed by atoms with E-state index >= 15 is 0 Å². The molecule has 1 saturated carbocycles. The van der Waals surface area contributed by atoms with Crippen molar-refractivity contribution in [2.45, 2.75) is 38.5 Å². The fourth-order valence-electron chi connectivity index (χ4n) is 2.59. The maximum atomic E-state index is 11.3. The standard InChI is InChI=1S/C14H18O/c15-12-14(9-5-2-6-10-14)11-13-7-3-1-4-8-13/h1,3-4,7-8,12H,2,5-6,9-11H2. The molecule has 1 heteroatoms. The highest BCUT2D eigenvalue weighted by Crippen LogP contribution is 2.37. The number of hydrogen-bond donors (Lipinski definition) is 0. The van der Waals surface area contributed by atoms with Gasteiger partial charge in [0.1, 0.15) is 6.29 Å². The Balaban J connectivity index is 2.10. The number of carbonyl (C=O) groups is 1. The van der Waals surface area contributed by atoms with Gasteiger partial charge in [0.15, 0.2) is 0 Å². The van der Waals surface area contributed by atoms with Gasteiger partial charge in [0.2, 0.25) is 0 Å². The van der Waals surface area contributed by atoms with Crippen LogP contribution in [0.5, 0.6) is 0 Å². The molecule has 0 amide bonds. The molecule has 0 atom stereocenters. The van der Waals surface area contributed by atoms with Gasteiger partial charge in [-0.25, -0.2) is 0 Å². The summed E-state index contributed by atoms with van der Waals surface area (Å²) in [6.45, 7) is 0. The van der Waals surface area contributed by atoms with Crippen molar-refractivity contribution in [3.8, 4) is 0 Å². The zero-order valence-electron chi connectivity index (χ0n) is 9.11. The van der Waals surface area contributed by atoms with E-state index in [0.29, 0.717) is 0 Å². The molecule has 0 spiro atoms. The van der Waals surface area contributed by atoms with Crippen LogP contribution in [0.3, 0.4) is 0 Å². The third-order valence-corrected chi connectivity index (χ3v) is 3.50. The minimum Gasteiger partial charge on any atom is -0.303 e. The van der Waals surface area contributed by atoms with Crippen molar-refractivity contribution in [2.24, 2.45) is 5.41 Å². The summed E-state index contributed by atoms with van der Waals surface area (Å²) in [6.07, 6.45) is 8.01. The van der Waals surface area contributed by atoms with E-state index in [1.165, 1.54) is 31.1 Å². The summed E-state index contributed by atoms with van der Waals surface area (Å²) in [5, 5.41) is 0. The molecule has 0 heterocycles. The Kier molecular flexibility index (Phi) is 3.20. The zero-order chi connectivity index (χ0) is 10.6. The predicted octanol–water partition coefficient (Wildman–Crippen LogP) is 3.38. The predicted molar refractivity (Wildman–Crippen MR) is 61.7 cm³/mol. The van der Waals surface area contributed by atoms with Crippen LogP contribution in [-0.4, -0.2) is 6.29 Å². The van der Waals surface area contributed by atoms with E-state index in [0.717, 1.165) is 19.3 Å².